The van der Waals surface area contributed by atoms with Crippen LogP contribution in [0.15, 0.2) is 0 Å². The Labute approximate surface area is 85.0 Å². The molecule has 80 valence electrons. The van der Waals surface area contributed by atoms with E-state index >= 15 is 0 Å². The summed E-state index contributed by atoms with van der Waals surface area (Å²) in [5, 5.41) is 0. The summed E-state index contributed by atoms with van der Waals surface area (Å²) in [5.41, 5.74) is 5.31. The van der Waals surface area contributed by atoms with Crippen LogP contribution in [0.4, 0.5) is 0 Å². The van der Waals surface area contributed by atoms with Gasteiger partial charge in [-0.2, -0.15) is 0 Å². The number of primary amides is 1. The fourth-order valence-electron chi connectivity index (χ4n) is 2.65. The number of carbonyl (C=O) groups is 1. The number of hydrogen-bond donors (Lipinski definition) is 1. The molecule has 2 aliphatic rings. The fraction of sp³-hybridized carbons (Fsp3) is 0.909. The van der Waals surface area contributed by atoms with Gasteiger partial charge < -0.3 is 10.5 Å². The van der Waals surface area contributed by atoms with Gasteiger partial charge >= 0.3 is 0 Å². The highest BCUT2D eigenvalue weighted by Crippen LogP contribution is 2.35. The zero-order valence-corrected chi connectivity index (χ0v) is 8.58. The average Bonchev–Trinajstić information content (AvgIpc) is 2.29. The summed E-state index contributed by atoms with van der Waals surface area (Å²) in [6.45, 7) is 0.552. The molecule has 2 atom stereocenters. The van der Waals surface area contributed by atoms with Gasteiger partial charge in [-0.1, -0.05) is 25.7 Å². The van der Waals surface area contributed by atoms with Crippen molar-refractivity contribution in [3.8, 4) is 0 Å². The summed E-state index contributed by atoms with van der Waals surface area (Å²) in [6.07, 6.45) is 7.83. The van der Waals surface area contributed by atoms with Crippen molar-refractivity contribution in [1.82, 2.24) is 0 Å². The molecule has 0 aromatic heterocycles. The third-order valence-electron chi connectivity index (χ3n) is 3.59. The average molecular weight is 197 g/mol. The fourth-order valence-corrected chi connectivity index (χ4v) is 2.65. The van der Waals surface area contributed by atoms with Crippen LogP contribution < -0.4 is 5.73 Å². The molecule has 0 spiro atoms. The van der Waals surface area contributed by atoms with Crippen LogP contribution in [-0.2, 0) is 9.53 Å². The lowest BCUT2D eigenvalue weighted by Crippen LogP contribution is -2.51. The number of amides is 1. The van der Waals surface area contributed by atoms with Gasteiger partial charge in [0, 0.05) is 0 Å². The third kappa shape index (κ3) is 1.92. The van der Waals surface area contributed by atoms with Crippen LogP contribution in [0.5, 0.6) is 0 Å². The van der Waals surface area contributed by atoms with Crippen molar-refractivity contribution in [1.29, 1.82) is 0 Å². The van der Waals surface area contributed by atoms with Crippen molar-refractivity contribution in [3.05, 3.63) is 0 Å². The summed E-state index contributed by atoms with van der Waals surface area (Å²) in [6, 6.07) is 0. The zero-order valence-electron chi connectivity index (χ0n) is 8.58. The zero-order chi connectivity index (χ0) is 9.97. The normalized spacial score (nSPS) is 34.6. The molecule has 2 rings (SSSR count). The van der Waals surface area contributed by atoms with E-state index in [1.54, 1.807) is 0 Å². The highest BCUT2D eigenvalue weighted by Gasteiger charge is 2.41. The minimum Gasteiger partial charge on any atom is -0.376 e. The molecule has 2 fully saturated rings. The maximum Gasteiger partial charge on any atom is 0.225 e. The molecule has 1 heterocycles. The van der Waals surface area contributed by atoms with E-state index in [2.05, 4.69) is 0 Å². The first-order chi connectivity index (χ1) is 6.79. The number of hydrogen-bond acceptors (Lipinski definition) is 2. The quantitative estimate of drug-likeness (QED) is 0.681. The summed E-state index contributed by atoms with van der Waals surface area (Å²) in [4.78, 5) is 11.1. The molecular formula is C11H19NO2. The van der Waals surface area contributed by atoms with Gasteiger partial charge in [0.2, 0.25) is 5.91 Å². The van der Waals surface area contributed by atoms with Crippen LogP contribution in [0.25, 0.3) is 0 Å². The summed E-state index contributed by atoms with van der Waals surface area (Å²) >= 11 is 0. The highest BCUT2D eigenvalue weighted by atomic mass is 16.5. The molecule has 0 aromatic rings. The van der Waals surface area contributed by atoms with Crippen molar-refractivity contribution in [3.63, 3.8) is 0 Å². The first-order valence-corrected chi connectivity index (χ1v) is 5.70. The van der Waals surface area contributed by atoms with E-state index in [1.165, 1.54) is 38.5 Å². The van der Waals surface area contributed by atoms with Gasteiger partial charge in [-0.3, -0.25) is 4.79 Å². The molecule has 3 nitrogen and oxygen atoms in total. The number of ether oxygens (including phenoxy) is 1. The van der Waals surface area contributed by atoms with Crippen molar-refractivity contribution in [2.75, 3.05) is 6.61 Å². The number of nitrogens with two attached hydrogens (primary N) is 1. The molecular weight excluding hydrogens is 178 g/mol. The number of carbonyl (C=O) groups excluding carboxylic acids is 1. The Kier molecular flexibility index (Phi) is 3.06. The van der Waals surface area contributed by atoms with Crippen LogP contribution >= 0.6 is 0 Å². The van der Waals surface area contributed by atoms with Gasteiger partial charge in [0.25, 0.3) is 0 Å². The van der Waals surface area contributed by atoms with Crippen molar-refractivity contribution < 1.29 is 9.53 Å². The number of rotatable bonds is 2. The van der Waals surface area contributed by atoms with E-state index in [0.717, 1.165) is 0 Å². The third-order valence-corrected chi connectivity index (χ3v) is 3.59. The van der Waals surface area contributed by atoms with Crippen LogP contribution in [-0.4, -0.2) is 18.6 Å². The monoisotopic (exact) mass is 197 g/mol. The Morgan fingerprint density at radius 3 is 2.21 bits per heavy atom. The minimum atomic E-state index is -0.175. The predicted molar refractivity (Wildman–Crippen MR) is 53.6 cm³/mol. The second kappa shape index (κ2) is 4.30. The van der Waals surface area contributed by atoms with E-state index < -0.39 is 0 Å². The molecule has 14 heavy (non-hydrogen) atoms. The van der Waals surface area contributed by atoms with Crippen LogP contribution in [0.3, 0.4) is 0 Å². The van der Waals surface area contributed by atoms with Crippen LogP contribution in [0, 0.1) is 11.8 Å². The maximum absolute atomic E-state index is 11.1. The Bertz CT molecular complexity index is 209. The molecule has 1 saturated carbocycles. The van der Waals surface area contributed by atoms with Crippen LogP contribution in [0.2, 0.25) is 0 Å². The Balaban J connectivity index is 1.90. The van der Waals surface area contributed by atoms with E-state index in [4.69, 9.17) is 10.5 Å². The van der Waals surface area contributed by atoms with Gasteiger partial charge in [0.05, 0.1) is 18.6 Å². The lowest BCUT2D eigenvalue weighted by Gasteiger charge is -2.39. The van der Waals surface area contributed by atoms with E-state index in [9.17, 15) is 4.79 Å². The first kappa shape index (κ1) is 9.97. The lowest BCUT2D eigenvalue weighted by atomic mass is 9.82. The Morgan fingerprint density at radius 1 is 1.14 bits per heavy atom. The molecule has 0 radical (unpaired) electrons. The Hall–Kier alpha value is -0.570. The van der Waals surface area contributed by atoms with Gasteiger partial charge in [-0.25, -0.2) is 0 Å². The molecule has 0 bridgehead atoms. The molecule has 1 aliphatic heterocycles. The molecule has 2 N–H and O–H groups in total. The van der Waals surface area contributed by atoms with Crippen LogP contribution in [0.1, 0.15) is 38.5 Å². The molecule has 1 saturated heterocycles. The van der Waals surface area contributed by atoms with Gasteiger partial charge in [-0.15, -0.1) is 0 Å². The SMILES string of the molecule is NC(=O)C1COC1C1CCCCCC1. The lowest BCUT2D eigenvalue weighted by molar-refractivity contribution is -0.166. The predicted octanol–water partition coefficient (Wildman–Crippen LogP) is 1.46. The second-order valence-corrected chi connectivity index (χ2v) is 4.56. The van der Waals surface area contributed by atoms with Crippen molar-refractivity contribution in [2.24, 2.45) is 17.6 Å². The first-order valence-electron chi connectivity index (χ1n) is 5.70. The largest absolute Gasteiger partial charge is 0.376 e. The van der Waals surface area contributed by atoms with E-state index in [-0.39, 0.29) is 17.9 Å². The molecule has 1 aliphatic carbocycles. The molecule has 1 amide bonds. The van der Waals surface area contributed by atoms with Crippen molar-refractivity contribution in [2.45, 2.75) is 44.6 Å². The van der Waals surface area contributed by atoms with Gasteiger partial charge in [-0.05, 0) is 18.8 Å². The molecule has 3 heteroatoms. The summed E-state index contributed by atoms with van der Waals surface area (Å²) < 4.78 is 5.50. The molecule has 0 aromatic carbocycles. The van der Waals surface area contributed by atoms with E-state index in [0.29, 0.717) is 12.5 Å². The molecule has 2 unspecified atom stereocenters. The second-order valence-electron chi connectivity index (χ2n) is 4.56. The van der Waals surface area contributed by atoms with Gasteiger partial charge in [0.15, 0.2) is 0 Å². The van der Waals surface area contributed by atoms with Crippen molar-refractivity contribution >= 4 is 5.91 Å². The minimum absolute atomic E-state index is 0.00176. The highest BCUT2D eigenvalue weighted by molar-refractivity contribution is 5.78. The van der Waals surface area contributed by atoms with Gasteiger partial charge in [0.1, 0.15) is 0 Å². The summed E-state index contributed by atoms with van der Waals surface area (Å²) in [7, 11) is 0. The standard InChI is InChI=1S/C11H19NO2/c12-11(13)9-7-14-10(9)8-5-3-1-2-4-6-8/h8-10H,1-7H2,(H2,12,13). The van der Waals surface area contributed by atoms with E-state index in [1.807, 2.05) is 0 Å². The summed E-state index contributed by atoms with van der Waals surface area (Å²) in [5.74, 6) is 0.410. The Morgan fingerprint density at radius 2 is 1.79 bits per heavy atom. The smallest absolute Gasteiger partial charge is 0.225 e. The topological polar surface area (TPSA) is 52.3 Å². The maximum atomic E-state index is 11.1.